The van der Waals surface area contributed by atoms with Gasteiger partial charge in [-0.2, -0.15) is 0 Å². The van der Waals surface area contributed by atoms with E-state index >= 15 is 0 Å². The SMILES string of the molecule is CCNCC(C)(CC)Cc1ccc(Cl)c(F)c1. The molecule has 0 aromatic heterocycles. The summed E-state index contributed by atoms with van der Waals surface area (Å²) in [5, 5.41) is 3.56. The smallest absolute Gasteiger partial charge is 0.142 e. The van der Waals surface area contributed by atoms with Gasteiger partial charge in [-0.3, -0.25) is 0 Å². The first kappa shape index (κ1) is 14.5. The van der Waals surface area contributed by atoms with Crippen LogP contribution in [0, 0.1) is 11.2 Å². The standard InChI is InChI=1S/C14H21ClFN/c1-4-14(3,10-17-5-2)9-11-6-7-12(15)13(16)8-11/h6-8,17H,4-5,9-10H2,1-3H3. The number of hydrogen-bond acceptors (Lipinski definition) is 1. The largest absolute Gasteiger partial charge is 0.316 e. The molecule has 0 saturated heterocycles. The van der Waals surface area contributed by atoms with Crippen molar-refractivity contribution in [2.75, 3.05) is 13.1 Å². The highest BCUT2D eigenvalue weighted by atomic mass is 35.5. The van der Waals surface area contributed by atoms with Gasteiger partial charge in [0.25, 0.3) is 0 Å². The third-order valence-electron chi connectivity index (χ3n) is 3.27. The van der Waals surface area contributed by atoms with Gasteiger partial charge in [-0.1, -0.05) is 38.4 Å². The summed E-state index contributed by atoms with van der Waals surface area (Å²) in [4.78, 5) is 0. The van der Waals surface area contributed by atoms with Crippen LogP contribution in [0.1, 0.15) is 32.8 Å². The molecule has 0 aliphatic carbocycles. The van der Waals surface area contributed by atoms with Crippen LogP contribution in [0.5, 0.6) is 0 Å². The highest BCUT2D eigenvalue weighted by molar-refractivity contribution is 6.30. The molecule has 0 aliphatic heterocycles. The Morgan fingerprint density at radius 1 is 1.35 bits per heavy atom. The number of halogens is 2. The van der Waals surface area contributed by atoms with Crippen molar-refractivity contribution in [3.8, 4) is 0 Å². The fourth-order valence-corrected chi connectivity index (χ4v) is 2.00. The molecule has 1 atom stereocenters. The number of rotatable bonds is 6. The monoisotopic (exact) mass is 257 g/mol. The predicted octanol–water partition coefficient (Wildman–Crippen LogP) is 4.05. The van der Waals surface area contributed by atoms with E-state index in [1.165, 1.54) is 0 Å². The molecule has 1 N–H and O–H groups in total. The molecule has 0 heterocycles. The summed E-state index contributed by atoms with van der Waals surface area (Å²) in [5.74, 6) is -0.328. The molecule has 1 unspecified atom stereocenters. The minimum atomic E-state index is -0.328. The van der Waals surface area contributed by atoms with E-state index < -0.39 is 0 Å². The van der Waals surface area contributed by atoms with Gasteiger partial charge >= 0.3 is 0 Å². The number of benzene rings is 1. The van der Waals surface area contributed by atoms with Gasteiger partial charge in [0.05, 0.1) is 5.02 Å². The topological polar surface area (TPSA) is 12.0 Å². The van der Waals surface area contributed by atoms with Crippen molar-refractivity contribution >= 4 is 11.6 Å². The lowest BCUT2D eigenvalue weighted by molar-refractivity contribution is 0.292. The van der Waals surface area contributed by atoms with E-state index in [0.29, 0.717) is 0 Å². The highest BCUT2D eigenvalue weighted by Crippen LogP contribution is 2.27. The second-order valence-electron chi connectivity index (χ2n) is 4.87. The summed E-state index contributed by atoms with van der Waals surface area (Å²) in [6, 6.07) is 5.09. The van der Waals surface area contributed by atoms with Crippen LogP contribution in [0.25, 0.3) is 0 Å². The molecule has 1 nitrogen and oxygen atoms in total. The molecule has 0 fully saturated rings. The van der Waals surface area contributed by atoms with Gasteiger partial charge in [0.15, 0.2) is 0 Å². The summed E-state index contributed by atoms with van der Waals surface area (Å²) in [7, 11) is 0. The molecule has 0 spiro atoms. The lowest BCUT2D eigenvalue weighted by Crippen LogP contribution is -2.33. The minimum absolute atomic E-state index is 0.163. The zero-order chi connectivity index (χ0) is 12.9. The van der Waals surface area contributed by atoms with Crippen LogP contribution < -0.4 is 5.32 Å². The van der Waals surface area contributed by atoms with E-state index in [9.17, 15) is 4.39 Å². The van der Waals surface area contributed by atoms with Crippen LogP contribution in [0.4, 0.5) is 4.39 Å². The van der Waals surface area contributed by atoms with Crippen LogP contribution in [0.2, 0.25) is 5.02 Å². The van der Waals surface area contributed by atoms with E-state index in [2.05, 4.69) is 26.1 Å². The zero-order valence-corrected chi connectivity index (χ0v) is 11.6. The lowest BCUT2D eigenvalue weighted by atomic mass is 9.81. The average molecular weight is 258 g/mol. The highest BCUT2D eigenvalue weighted by Gasteiger charge is 2.22. The van der Waals surface area contributed by atoms with Crippen molar-refractivity contribution in [1.82, 2.24) is 5.32 Å². The van der Waals surface area contributed by atoms with E-state index in [0.717, 1.165) is 31.5 Å². The van der Waals surface area contributed by atoms with Crippen LogP contribution >= 0.6 is 11.6 Å². The first-order chi connectivity index (χ1) is 8.00. The van der Waals surface area contributed by atoms with E-state index in [1.54, 1.807) is 12.1 Å². The molecule has 1 rings (SSSR count). The maximum Gasteiger partial charge on any atom is 0.142 e. The lowest BCUT2D eigenvalue weighted by Gasteiger charge is -2.28. The summed E-state index contributed by atoms with van der Waals surface area (Å²) < 4.78 is 13.4. The Morgan fingerprint density at radius 2 is 2.06 bits per heavy atom. The molecule has 0 amide bonds. The molecule has 1 aromatic rings. The summed E-state index contributed by atoms with van der Waals surface area (Å²) in [6.07, 6.45) is 1.93. The van der Waals surface area contributed by atoms with Crippen molar-refractivity contribution in [2.45, 2.75) is 33.6 Å². The molecular weight excluding hydrogens is 237 g/mol. The van der Waals surface area contributed by atoms with Gasteiger partial charge in [0, 0.05) is 6.54 Å². The van der Waals surface area contributed by atoms with E-state index in [4.69, 9.17) is 11.6 Å². The molecule has 0 radical (unpaired) electrons. The summed E-state index contributed by atoms with van der Waals surface area (Å²) >= 11 is 5.68. The number of nitrogens with one attached hydrogen (secondary N) is 1. The Labute approximate surface area is 108 Å². The zero-order valence-electron chi connectivity index (χ0n) is 10.8. The van der Waals surface area contributed by atoms with Crippen molar-refractivity contribution in [3.63, 3.8) is 0 Å². The van der Waals surface area contributed by atoms with Crippen LogP contribution in [-0.2, 0) is 6.42 Å². The maximum atomic E-state index is 13.4. The summed E-state index contributed by atoms with van der Waals surface area (Å²) in [6.45, 7) is 8.40. The Bertz CT molecular complexity index is 367. The first-order valence-corrected chi connectivity index (χ1v) is 6.53. The minimum Gasteiger partial charge on any atom is -0.316 e. The van der Waals surface area contributed by atoms with Crippen molar-refractivity contribution in [1.29, 1.82) is 0 Å². The first-order valence-electron chi connectivity index (χ1n) is 6.15. The van der Waals surface area contributed by atoms with Crippen LogP contribution in [0.3, 0.4) is 0 Å². The van der Waals surface area contributed by atoms with Gasteiger partial charge in [-0.05, 0) is 42.5 Å². The molecule has 0 aliphatic rings. The van der Waals surface area contributed by atoms with Gasteiger partial charge in [0.2, 0.25) is 0 Å². The van der Waals surface area contributed by atoms with Gasteiger partial charge in [-0.15, -0.1) is 0 Å². The van der Waals surface area contributed by atoms with Crippen molar-refractivity contribution < 1.29 is 4.39 Å². The molecule has 1 aromatic carbocycles. The molecule has 0 bridgehead atoms. The van der Waals surface area contributed by atoms with E-state index in [-0.39, 0.29) is 16.3 Å². The average Bonchev–Trinajstić information content (AvgIpc) is 2.31. The van der Waals surface area contributed by atoms with Gasteiger partial charge in [0.1, 0.15) is 5.82 Å². The Kier molecular flexibility index (Phi) is 5.41. The fourth-order valence-electron chi connectivity index (χ4n) is 1.88. The maximum absolute atomic E-state index is 13.4. The van der Waals surface area contributed by atoms with Gasteiger partial charge < -0.3 is 5.32 Å². The number of hydrogen-bond donors (Lipinski definition) is 1. The Balaban J connectivity index is 2.76. The predicted molar refractivity (Wildman–Crippen MR) is 72.1 cm³/mol. The molecule has 3 heteroatoms. The van der Waals surface area contributed by atoms with Crippen molar-refractivity contribution in [3.05, 3.63) is 34.6 Å². The molecule has 96 valence electrons. The molecule has 17 heavy (non-hydrogen) atoms. The van der Waals surface area contributed by atoms with Crippen LogP contribution in [-0.4, -0.2) is 13.1 Å². The Morgan fingerprint density at radius 3 is 2.59 bits per heavy atom. The van der Waals surface area contributed by atoms with Crippen molar-refractivity contribution in [2.24, 2.45) is 5.41 Å². The second-order valence-corrected chi connectivity index (χ2v) is 5.28. The third kappa shape index (κ3) is 4.29. The quantitative estimate of drug-likeness (QED) is 0.811. The second kappa shape index (κ2) is 6.36. The molecular formula is C14H21ClFN. The van der Waals surface area contributed by atoms with Crippen LogP contribution in [0.15, 0.2) is 18.2 Å². The Hall–Kier alpha value is -0.600. The van der Waals surface area contributed by atoms with Gasteiger partial charge in [-0.25, -0.2) is 4.39 Å². The fraction of sp³-hybridized carbons (Fsp3) is 0.571. The molecule has 0 saturated carbocycles. The summed E-state index contributed by atoms with van der Waals surface area (Å²) in [5.41, 5.74) is 1.17. The third-order valence-corrected chi connectivity index (χ3v) is 3.58. The van der Waals surface area contributed by atoms with E-state index in [1.807, 2.05) is 6.07 Å². The normalized spacial score (nSPS) is 14.6.